The third-order valence-electron chi connectivity index (χ3n) is 8.67. The smallest absolute Gasteiger partial charge is 0.330 e. The Bertz CT molecular complexity index is 1110. The summed E-state index contributed by atoms with van der Waals surface area (Å²) < 4.78 is 32.7. The van der Waals surface area contributed by atoms with Gasteiger partial charge in [-0.15, -0.1) is 0 Å². The Kier molecular flexibility index (Phi) is 13.3. The van der Waals surface area contributed by atoms with Gasteiger partial charge < -0.3 is 28.4 Å². The number of rotatable bonds is 18. The van der Waals surface area contributed by atoms with E-state index in [9.17, 15) is 9.59 Å². The van der Waals surface area contributed by atoms with Crippen molar-refractivity contribution in [3.63, 3.8) is 0 Å². The molecule has 2 aliphatic carbocycles. The number of fused-ring (bicyclic) bond motifs is 2. The molecule has 2 fully saturated rings. The molecule has 0 amide bonds. The first-order valence-electron chi connectivity index (χ1n) is 15.8. The highest BCUT2D eigenvalue weighted by Gasteiger charge is 2.45. The van der Waals surface area contributed by atoms with Gasteiger partial charge in [-0.3, -0.25) is 0 Å². The molecule has 2 atom stereocenters. The molecule has 0 saturated heterocycles. The second-order valence-electron chi connectivity index (χ2n) is 11.3. The lowest BCUT2D eigenvalue weighted by atomic mass is 9.60. The molecule has 2 bridgehead atoms. The predicted octanol–water partition coefficient (Wildman–Crippen LogP) is 6.21. The first kappa shape index (κ1) is 33.3. The van der Waals surface area contributed by atoms with Gasteiger partial charge in [-0.2, -0.15) is 0 Å². The van der Waals surface area contributed by atoms with E-state index >= 15 is 0 Å². The second-order valence-corrected chi connectivity index (χ2v) is 11.3. The molecule has 2 saturated carbocycles. The minimum Gasteiger partial charge on any atom is -0.491 e. The summed E-state index contributed by atoms with van der Waals surface area (Å²) in [6.07, 6.45) is 11.1. The maximum atomic E-state index is 11.1. The van der Waals surface area contributed by atoms with Crippen LogP contribution in [-0.4, -0.2) is 64.8 Å². The molecule has 2 unspecified atom stereocenters. The van der Waals surface area contributed by atoms with Crippen LogP contribution in [0.25, 0.3) is 0 Å². The van der Waals surface area contributed by atoms with Gasteiger partial charge in [0.1, 0.15) is 37.9 Å². The van der Waals surface area contributed by atoms with Gasteiger partial charge in [0.25, 0.3) is 0 Å². The van der Waals surface area contributed by atoms with E-state index in [-0.39, 0.29) is 18.6 Å². The Balaban J connectivity index is 1.36. The summed E-state index contributed by atoms with van der Waals surface area (Å²) in [7, 11) is 0. The fraction of sp³-hybridized carbons (Fsp3) is 0.500. The van der Waals surface area contributed by atoms with Crippen molar-refractivity contribution in [1.29, 1.82) is 0 Å². The van der Waals surface area contributed by atoms with Crippen molar-refractivity contribution in [2.24, 2.45) is 11.8 Å². The number of esters is 2. The van der Waals surface area contributed by atoms with E-state index in [1.807, 2.05) is 0 Å². The molecule has 238 valence electrons. The monoisotopic (exact) mass is 606 g/mol. The summed E-state index contributed by atoms with van der Waals surface area (Å²) in [6.45, 7) is 9.42. The van der Waals surface area contributed by atoms with Crippen LogP contribution in [0.15, 0.2) is 73.8 Å². The van der Waals surface area contributed by atoms with Gasteiger partial charge in [0.2, 0.25) is 0 Å². The van der Waals surface area contributed by atoms with Crippen molar-refractivity contribution in [3.8, 4) is 11.5 Å². The molecule has 8 nitrogen and oxygen atoms in total. The SMILES string of the molecule is C=CC(=O)OCCOCCOc1ccc(C2(c3ccc(OCCOCCOC(=O)C=C)cc3)CCCC3CCCC2C3)cc1. The van der Waals surface area contributed by atoms with Crippen molar-refractivity contribution in [2.45, 2.75) is 50.4 Å². The van der Waals surface area contributed by atoms with Gasteiger partial charge >= 0.3 is 11.9 Å². The largest absolute Gasteiger partial charge is 0.491 e. The molecular formula is C36H46O8. The molecule has 44 heavy (non-hydrogen) atoms. The fourth-order valence-electron chi connectivity index (χ4n) is 6.66. The van der Waals surface area contributed by atoms with Crippen LogP contribution in [0, 0.1) is 11.8 Å². The summed E-state index contributed by atoms with van der Waals surface area (Å²) in [5, 5.41) is 0. The standard InChI is InChI=1S/C36H46O8/c1-3-34(37)43-25-21-39-19-23-41-32-14-10-29(11-15-32)36(18-6-8-28-7-5-9-31(36)27-28)30-12-16-33(17-13-30)42-24-20-40-22-26-44-35(38)4-2/h3-4,10-17,28,31H,1-2,5-9,18-27H2. The minimum atomic E-state index is -0.450. The van der Waals surface area contributed by atoms with Gasteiger partial charge in [-0.1, -0.05) is 63.1 Å². The topological polar surface area (TPSA) is 89.5 Å². The zero-order chi connectivity index (χ0) is 31.0. The van der Waals surface area contributed by atoms with E-state index in [4.69, 9.17) is 28.4 Å². The van der Waals surface area contributed by atoms with E-state index in [0.717, 1.165) is 36.0 Å². The van der Waals surface area contributed by atoms with Crippen LogP contribution in [-0.2, 0) is 34.0 Å². The highest BCUT2D eigenvalue weighted by Crippen LogP contribution is 2.53. The number of carbonyl (C=O) groups excluding carboxylic acids is 2. The fourth-order valence-corrected chi connectivity index (χ4v) is 6.66. The number of benzene rings is 2. The molecule has 8 heteroatoms. The van der Waals surface area contributed by atoms with E-state index in [0.29, 0.717) is 45.6 Å². The van der Waals surface area contributed by atoms with Crippen LogP contribution in [0.1, 0.15) is 56.1 Å². The molecular weight excluding hydrogens is 560 g/mol. The van der Waals surface area contributed by atoms with Crippen LogP contribution in [0.4, 0.5) is 0 Å². The molecule has 0 radical (unpaired) electrons. The quantitative estimate of drug-likeness (QED) is 0.112. The van der Waals surface area contributed by atoms with Crippen molar-refractivity contribution in [2.75, 3.05) is 52.9 Å². The van der Waals surface area contributed by atoms with Gasteiger partial charge in [0.15, 0.2) is 0 Å². The van der Waals surface area contributed by atoms with Crippen LogP contribution >= 0.6 is 0 Å². The Labute approximate surface area is 261 Å². The molecule has 0 heterocycles. The number of hydrogen-bond donors (Lipinski definition) is 0. The first-order chi connectivity index (χ1) is 21.5. The van der Waals surface area contributed by atoms with Gasteiger partial charge in [-0.25, -0.2) is 9.59 Å². The summed E-state index contributed by atoms with van der Waals surface area (Å²) >= 11 is 0. The van der Waals surface area contributed by atoms with Crippen LogP contribution in [0.5, 0.6) is 11.5 Å². The van der Waals surface area contributed by atoms with Crippen molar-refractivity contribution in [1.82, 2.24) is 0 Å². The maximum Gasteiger partial charge on any atom is 0.330 e. The van der Waals surface area contributed by atoms with Crippen LogP contribution in [0.3, 0.4) is 0 Å². The minimum absolute atomic E-state index is 0.0514. The Morgan fingerprint density at radius 3 is 1.64 bits per heavy atom. The molecule has 0 aromatic heterocycles. The molecule has 2 aromatic rings. The zero-order valence-electron chi connectivity index (χ0n) is 25.7. The average Bonchev–Trinajstić information content (AvgIpc) is 3.19. The third kappa shape index (κ3) is 9.44. The van der Waals surface area contributed by atoms with Gasteiger partial charge in [0, 0.05) is 17.6 Å². The summed E-state index contributed by atoms with van der Waals surface area (Å²) in [6, 6.07) is 17.3. The molecule has 0 aliphatic heterocycles. The number of carbonyl (C=O) groups is 2. The summed E-state index contributed by atoms with van der Waals surface area (Å²) in [5.41, 5.74) is 2.64. The summed E-state index contributed by atoms with van der Waals surface area (Å²) in [5.74, 6) is 2.13. The molecule has 2 aliphatic rings. The summed E-state index contributed by atoms with van der Waals surface area (Å²) in [4.78, 5) is 22.2. The third-order valence-corrected chi connectivity index (χ3v) is 8.67. The van der Waals surface area contributed by atoms with Crippen molar-refractivity contribution >= 4 is 11.9 Å². The Morgan fingerprint density at radius 2 is 1.14 bits per heavy atom. The molecule has 4 rings (SSSR count). The Morgan fingerprint density at radius 1 is 0.659 bits per heavy atom. The van der Waals surface area contributed by atoms with E-state index in [1.165, 1.54) is 49.7 Å². The van der Waals surface area contributed by atoms with E-state index in [1.54, 1.807) is 0 Å². The lowest BCUT2D eigenvalue weighted by Gasteiger charge is -2.44. The second kappa shape index (κ2) is 17.6. The van der Waals surface area contributed by atoms with Crippen molar-refractivity contribution < 1.29 is 38.0 Å². The zero-order valence-corrected chi connectivity index (χ0v) is 25.7. The average molecular weight is 607 g/mol. The Hall–Kier alpha value is -3.62. The van der Waals surface area contributed by atoms with Gasteiger partial charge in [-0.05, 0) is 66.5 Å². The van der Waals surface area contributed by atoms with Crippen molar-refractivity contribution in [3.05, 3.63) is 85.0 Å². The maximum absolute atomic E-state index is 11.1. The molecule has 2 aromatic carbocycles. The van der Waals surface area contributed by atoms with Crippen LogP contribution < -0.4 is 9.47 Å². The lowest BCUT2D eigenvalue weighted by molar-refractivity contribution is -0.140. The normalized spacial score (nSPS) is 18.8. The number of ether oxygens (including phenoxy) is 6. The van der Waals surface area contributed by atoms with Gasteiger partial charge in [0.05, 0.1) is 26.4 Å². The highest BCUT2D eigenvalue weighted by atomic mass is 16.6. The van der Waals surface area contributed by atoms with E-state index in [2.05, 4.69) is 61.7 Å². The highest BCUT2D eigenvalue weighted by molar-refractivity contribution is 5.81. The van der Waals surface area contributed by atoms with Crippen LogP contribution in [0.2, 0.25) is 0 Å². The predicted molar refractivity (Wildman–Crippen MR) is 168 cm³/mol. The molecule has 0 N–H and O–H groups in total. The first-order valence-corrected chi connectivity index (χ1v) is 15.8. The molecule has 0 spiro atoms. The number of hydrogen-bond acceptors (Lipinski definition) is 8. The van der Waals surface area contributed by atoms with E-state index < -0.39 is 11.9 Å². The lowest BCUT2D eigenvalue weighted by Crippen LogP contribution is -2.37.